The number of phenolic OH excluding ortho intramolecular Hbond substituents is 1. The first-order valence-electron chi connectivity index (χ1n) is 5.26. The molecule has 2 aromatic rings. The smallest absolute Gasteiger partial charge is 0.161 e. The van der Waals surface area contributed by atoms with Crippen LogP contribution in [0.1, 0.15) is 11.8 Å². The zero-order valence-electron chi connectivity index (χ0n) is 9.38. The molecule has 0 radical (unpaired) electrons. The second-order valence-corrected chi connectivity index (χ2v) is 4.52. The number of aromatic hydroxyl groups is 1. The second kappa shape index (κ2) is 5.16. The molecule has 0 spiro atoms. The van der Waals surface area contributed by atoms with E-state index in [9.17, 15) is 5.11 Å². The van der Waals surface area contributed by atoms with Gasteiger partial charge in [-0.25, -0.2) is 4.98 Å². The Kier molecular flexibility index (Phi) is 3.61. The van der Waals surface area contributed by atoms with Crippen LogP contribution in [0.15, 0.2) is 24.4 Å². The van der Waals surface area contributed by atoms with E-state index in [-0.39, 0.29) is 12.4 Å². The number of rotatable bonds is 4. The minimum atomic E-state index is -0.00589. The molecular weight excluding hydrogens is 238 g/mol. The van der Waals surface area contributed by atoms with Crippen molar-refractivity contribution in [1.29, 1.82) is 0 Å². The number of hydrogen-bond donors (Lipinski definition) is 2. The van der Waals surface area contributed by atoms with E-state index in [1.165, 1.54) is 11.3 Å². The van der Waals surface area contributed by atoms with E-state index < -0.39 is 0 Å². The Balaban J connectivity index is 2.35. The van der Waals surface area contributed by atoms with E-state index in [1.807, 2.05) is 6.92 Å². The van der Waals surface area contributed by atoms with E-state index in [0.29, 0.717) is 12.4 Å². The quantitative estimate of drug-likeness (QED) is 0.876. The monoisotopic (exact) mass is 251 g/mol. The summed E-state index contributed by atoms with van der Waals surface area (Å²) < 4.78 is 5.31. The molecule has 0 aliphatic rings. The van der Waals surface area contributed by atoms with Crippen LogP contribution in [0.4, 0.5) is 0 Å². The molecule has 0 amide bonds. The van der Waals surface area contributed by atoms with Crippen LogP contribution in [0.25, 0.3) is 10.6 Å². The lowest BCUT2D eigenvalue weighted by Gasteiger charge is -2.06. The summed E-state index contributed by atoms with van der Waals surface area (Å²) in [5, 5.41) is 19.4. The number of thiazole rings is 1. The van der Waals surface area contributed by atoms with Gasteiger partial charge in [0.25, 0.3) is 0 Å². The fourth-order valence-electron chi connectivity index (χ4n) is 1.43. The van der Waals surface area contributed by atoms with Crippen LogP contribution in [0.5, 0.6) is 11.5 Å². The van der Waals surface area contributed by atoms with Gasteiger partial charge in [-0.1, -0.05) is 0 Å². The van der Waals surface area contributed by atoms with Crippen LogP contribution in [0, 0.1) is 0 Å². The minimum Gasteiger partial charge on any atom is -0.504 e. The van der Waals surface area contributed by atoms with Crippen molar-refractivity contribution in [3.63, 3.8) is 0 Å². The Morgan fingerprint density at radius 3 is 2.88 bits per heavy atom. The molecule has 0 aliphatic heterocycles. The zero-order chi connectivity index (χ0) is 12.3. The van der Waals surface area contributed by atoms with Crippen molar-refractivity contribution < 1.29 is 14.9 Å². The van der Waals surface area contributed by atoms with Crippen molar-refractivity contribution in [2.75, 3.05) is 6.61 Å². The average Bonchev–Trinajstić information content (AvgIpc) is 2.81. The van der Waals surface area contributed by atoms with E-state index >= 15 is 0 Å². The third-order valence-electron chi connectivity index (χ3n) is 2.22. The first-order chi connectivity index (χ1) is 8.24. The van der Waals surface area contributed by atoms with Gasteiger partial charge in [-0.3, -0.25) is 0 Å². The third-order valence-corrected chi connectivity index (χ3v) is 3.25. The summed E-state index contributed by atoms with van der Waals surface area (Å²) >= 11 is 1.42. The van der Waals surface area contributed by atoms with Gasteiger partial charge in [0.05, 0.1) is 18.1 Å². The maximum absolute atomic E-state index is 9.58. The average molecular weight is 251 g/mol. The molecule has 1 aromatic heterocycles. The Labute approximate surface area is 103 Å². The van der Waals surface area contributed by atoms with Gasteiger partial charge < -0.3 is 14.9 Å². The van der Waals surface area contributed by atoms with Crippen molar-refractivity contribution in [1.82, 2.24) is 4.98 Å². The third kappa shape index (κ3) is 2.57. The molecule has 5 heteroatoms. The van der Waals surface area contributed by atoms with Crippen LogP contribution in [-0.2, 0) is 6.61 Å². The highest BCUT2D eigenvalue weighted by Crippen LogP contribution is 2.33. The normalized spacial score (nSPS) is 10.5. The summed E-state index contributed by atoms with van der Waals surface area (Å²) in [4.78, 5) is 5.02. The van der Waals surface area contributed by atoms with E-state index in [1.54, 1.807) is 24.4 Å². The number of benzene rings is 1. The molecule has 0 aliphatic carbocycles. The summed E-state index contributed by atoms with van der Waals surface area (Å²) in [5.74, 6) is 0.570. The van der Waals surface area contributed by atoms with Gasteiger partial charge >= 0.3 is 0 Å². The summed E-state index contributed by atoms with van der Waals surface area (Å²) in [6, 6.07) is 5.11. The maximum Gasteiger partial charge on any atom is 0.161 e. The molecule has 1 heterocycles. The molecular formula is C12H13NO3S. The number of aromatic nitrogens is 1. The molecule has 17 heavy (non-hydrogen) atoms. The highest BCUT2D eigenvalue weighted by Gasteiger charge is 2.08. The van der Waals surface area contributed by atoms with E-state index in [4.69, 9.17) is 9.84 Å². The Morgan fingerprint density at radius 2 is 2.24 bits per heavy atom. The van der Waals surface area contributed by atoms with Crippen molar-refractivity contribution in [2.24, 2.45) is 0 Å². The summed E-state index contributed by atoms with van der Waals surface area (Å²) in [6.45, 7) is 2.35. The van der Waals surface area contributed by atoms with Crippen LogP contribution < -0.4 is 4.74 Å². The predicted octanol–water partition coefficient (Wildman–Crippen LogP) is 2.41. The number of aliphatic hydroxyl groups is 1. The van der Waals surface area contributed by atoms with E-state index in [0.717, 1.165) is 15.4 Å². The number of hydrogen-bond acceptors (Lipinski definition) is 5. The SMILES string of the molecule is CCOc1cc(-c2ncc(CO)s2)ccc1O. The summed E-state index contributed by atoms with van der Waals surface area (Å²) in [6.07, 6.45) is 1.65. The first kappa shape index (κ1) is 11.9. The molecule has 2 N–H and O–H groups in total. The van der Waals surface area contributed by atoms with Gasteiger partial charge in [0.2, 0.25) is 0 Å². The molecule has 0 saturated heterocycles. The zero-order valence-corrected chi connectivity index (χ0v) is 10.2. The predicted molar refractivity (Wildman–Crippen MR) is 66.3 cm³/mol. The number of aliphatic hydroxyl groups excluding tert-OH is 1. The van der Waals surface area contributed by atoms with Crippen LogP contribution in [0.2, 0.25) is 0 Å². The van der Waals surface area contributed by atoms with Crippen molar-refractivity contribution in [3.8, 4) is 22.1 Å². The van der Waals surface area contributed by atoms with Crippen molar-refractivity contribution >= 4 is 11.3 Å². The molecule has 2 rings (SSSR count). The Morgan fingerprint density at radius 1 is 1.41 bits per heavy atom. The van der Waals surface area contributed by atoms with Gasteiger partial charge in [0.15, 0.2) is 11.5 Å². The summed E-state index contributed by atoms with van der Waals surface area (Å²) in [7, 11) is 0. The molecule has 0 unspecified atom stereocenters. The molecule has 1 aromatic carbocycles. The fraction of sp³-hybridized carbons (Fsp3) is 0.250. The van der Waals surface area contributed by atoms with Gasteiger partial charge in [-0.15, -0.1) is 11.3 Å². The Bertz CT molecular complexity index is 510. The highest BCUT2D eigenvalue weighted by molar-refractivity contribution is 7.15. The van der Waals surface area contributed by atoms with Crippen molar-refractivity contribution in [3.05, 3.63) is 29.3 Å². The highest BCUT2D eigenvalue weighted by atomic mass is 32.1. The van der Waals surface area contributed by atoms with Crippen LogP contribution in [0.3, 0.4) is 0 Å². The lowest BCUT2D eigenvalue weighted by atomic mass is 10.2. The van der Waals surface area contributed by atoms with Crippen LogP contribution in [-0.4, -0.2) is 21.8 Å². The second-order valence-electron chi connectivity index (χ2n) is 3.41. The molecule has 4 nitrogen and oxygen atoms in total. The largest absolute Gasteiger partial charge is 0.504 e. The topological polar surface area (TPSA) is 62.6 Å². The van der Waals surface area contributed by atoms with Gasteiger partial charge in [-0.05, 0) is 25.1 Å². The molecule has 0 bridgehead atoms. The summed E-state index contributed by atoms with van der Waals surface area (Å²) in [5.41, 5.74) is 0.871. The first-order valence-corrected chi connectivity index (χ1v) is 6.08. The lowest BCUT2D eigenvalue weighted by molar-refractivity contribution is 0.285. The van der Waals surface area contributed by atoms with Crippen LogP contribution >= 0.6 is 11.3 Å². The standard InChI is InChI=1S/C12H13NO3S/c1-2-16-11-5-8(3-4-10(11)15)12-13-6-9(7-14)17-12/h3-6,14-15H,2,7H2,1H3. The van der Waals surface area contributed by atoms with Gasteiger partial charge in [-0.2, -0.15) is 0 Å². The minimum absolute atomic E-state index is 0.00589. The maximum atomic E-state index is 9.58. The van der Waals surface area contributed by atoms with Gasteiger partial charge in [0.1, 0.15) is 5.01 Å². The molecule has 0 fully saturated rings. The lowest BCUT2D eigenvalue weighted by Crippen LogP contribution is -1.92. The van der Waals surface area contributed by atoms with Crippen molar-refractivity contribution in [2.45, 2.75) is 13.5 Å². The Hall–Kier alpha value is -1.59. The van der Waals surface area contributed by atoms with E-state index in [2.05, 4.69) is 4.98 Å². The number of phenols is 1. The number of nitrogens with zero attached hydrogens (tertiary/aromatic N) is 1. The number of ether oxygens (including phenoxy) is 1. The fourth-order valence-corrected chi connectivity index (χ4v) is 2.20. The molecule has 90 valence electrons. The molecule has 0 atom stereocenters. The van der Waals surface area contributed by atoms with Gasteiger partial charge in [0, 0.05) is 11.8 Å². The molecule has 0 saturated carbocycles.